The van der Waals surface area contributed by atoms with Gasteiger partial charge in [0.2, 0.25) is 5.91 Å². The van der Waals surface area contributed by atoms with Gasteiger partial charge in [-0.15, -0.1) is 12.4 Å². The van der Waals surface area contributed by atoms with Crippen LogP contribution in [0.5, 0.6) is 0 Å². The molecule has 6 heteroatoms. The predicted octanol–water partition coefficient (Wildman–Crippen LogP) is 1.71. The number of hydrogen-bond donors (Lipinski definition) is 3. The summed E-state index contributed by atoms with van der Waals surface area (Å²) in [6.07, 6.45) is 1.72. The van der Waals surface area contributed by atoms with Gasteiger partial charge >= 0.3 is 0 Å². The molecule has 0 unspecified atom stereocenters. The van der Waals surface area contributed by atoms with E-state index in [1.54, 1.807) is 19.2 Å². The zero-order valence-electron chi connectivity index (χ0n) is 12.4. The van der Waals surface area contributed by atoms with Gasteiger partial charge in [-0.05, 0) is 50.6 Å². The first kappa shape index (κ1) is 17.5. The highest BCUT2D eigenvalue weighted by Crippen LogP contribution is 2.20. The minimum atomic E-state index is -0.151. The van der Waals surface area contributed by atoms with Gasteiger partial charge in [0.05, 0.1) is 0 Å². The van der Waals surface area contributed by atoms with E-state index < -0.39 is 0 Å². The van der Waals surface area contributed by atoms with E-state index in [-0.39, 0.29) is 30.1 Å². The standard InChI is InChI=1S/C15H21N3O2.ClH/c1-10-3-4-12(14(19)16-2)9-13(10)18-15(20)11-5-7-17-8-6-11;/h3-4,9,11,17H,5-8H2,1-2H3,(H,16,19)(H,18,20);1H. The quantitative estimate of drug-likeness (QED) is 0.796. The largest absolute Gasteiger partial charge is 0.355 e. The average Bonchev–Trinajstić information content (AvgIpc) is 2.49. The number of carbonyl (C=O) groups is 2. The molecule has 0 aromatic heterocycles. The number of aryl methyl sites for hydroxylation is 1. The summed E-state index contributed by atoms with van der Waals surface area (Å²) in [6, 6.07) is 5.34. The lowest BCUT2D eigenvalue weighted by Gasteiger charge is -2.22. The van der Waals surface area contributed by atoms with Crippen molar-refractivity contribution in [1.82, 2.24) is 10.6 Å². The van der Waals surface area contributed by atoms with E-state index in [2.05, 4.69) is 16.0 Å². The number of rotatable bonds is 3. The van der Waals surface area contributed by atoms with Crippen LogP contribution in [0.1, 0.15) is 28.8 Å². The van der Waals surface area contributed by atoms with E-state index in [1.165, 1.54) is 0 Å². The van der Waals surface area contributed by atoms with Crippen LogP contribution < -0.4 is 16.0 Å². The van der Waals surface area contributed by atoms with Crippen LogP contribution in [0.4, 0.5) is 5.69 Å². The number of carbonyl (C=O) groups excluding carboxylic acids is 2. The molecule has 5 nitrogen and oxygen atoms in total. The molecule has 0 aliphatic carbocycles. The molecule has 0 bridgehead atoms. The van der Waals surface area contributed by atoms with Gasteiger partial charge in [0.25, 0.3) is 5.91 Å². The number of nitrogens with one attached hydrogen (secondary N) is 3. The Morgan fingerprint density at radius 3 is 2.52 bits per heavy atom. The summed E-state index contributed by atoms with van der Waals surface area (Å²) < 4.78 is 0. The van der Waals surface area contributed by atoms with Crippen LogP contribution in [0, 0.1) is 12.8 Å². The van der Waals surface area contributed by atoms with Crippen LogP contribution in [0.2, 0.25) is 0 Å². The lowest BCUT2D eigenvalue weighted by atomic mass is 9.97. The summed E-state index contributed by atoms with van der Waals surface area (Å²) in [7, 11) is 1.59. The first-order valence-corrected chi connectivity index (χ1v) is 6.96. The van der Waals surface area contributed by atoms with Crippen LogP contribution >= 0.6 is 12.4 Å². The molecule has 1 aliphatic heterocycles. The molecule has 1 heterocycles. The van der Waals surface area contributed by atoms with Crippen LogP contribution in [0.15, 0.2) is 18.2 Å². The van der Waals surface area contributed by atoms with Crippen LogP contribution in [0.25, 0.3) is 0 Å². The van der Waals surface area contributed by atoms with Crippen molar-refractivity contribution in [3.8, 4) is 0 Å². The molecule has 2 amide bonds. The van der Waals surface area contributed by atoms with Gasteiger partial charge in [-0.3, -0.25) is 9.59 Å². The Kier molecular flexibility index (Phi) is 6.65. The molecule has 1 saturated heterocycles. The highest BCUT2D eigenvalue weighted by atomic mass is 35.5. The Balaban J connectivity index is 0.00000220. The second kappa shape index (κ2) is 8.00. The number of amides is 2. The van der Waals surface area contributed by atoms with E-state index >= 15 is 0 Å². The van der Waals surface area contributed by atoms with E-state index in [0.29, 0.717) is 5.56 Å². The Morgan fingerprint density at radius 2 is 1.90 bits per heavy atom. The van der Waals surface area contributed by atoms with Crippen molar-refractivity contribution >= 4 is 29.9 Å². The Hall–Kier alpha value is -1.59. The SMILES string of the molecule is CNC(=O)c1ccc(C)c(NC(=O)C2CCNCC2)c1.Cl. The maximum Gasteiger partial charge on any atom is 0.251 e. The molecule has 2 rings (SSSR count). The molecule has 0 spiro atoms. The molecule has 1 fully saturated rings. The number of hydrogen-bond acceptors (Lipinski definition) is 3. The molecule has 0 radical (unpaired) electrons. The van der Waals surface area contributed by atoms with Crippen molar-refractivity contribution in [2.24, 2.45) is 5.92 Å². The van der Waals surface area contributed by atoms with Crippen molar-refractivity contribution in [1.29, 1.82) is 0 Å². The molecule has 3 N–H and O–H groups in total. The Bertz CT molecular complexity index is 514. The minimum absolute atomic E-state index is 0. The number of piperidine rings is 1. The van der Waals surface area contributed by atoms with E-state index in [1.807, 2.05) is 13.0 Å². The average molecular weight is 312 g/mol. The minimum Gasteiger partial charge on any atom is -0.355 e. The van der Waals surface area contributed by atoms with Gasteiger partial charge in [0.1, 0.15) is 0 Å². The first-order chi connectivity index (χ1) is 9.61. The summed E-state index contributed by atoms with van der Waals surface area (Å²) in [5.41, 5.74) is 2.23. The molecular weight excluding hydrogens is 290 g/mol. The molecule has 1 aromatic carbocycles. The topological polar surface area (TPSA) is 70.2 Å². The zero-order chi connectivity index (χ0) is 14.5. The maximum absolute atomic E-state index is 12.2. The van der Waals surface area contributed by atoms with Crippen LogP contribution in [0.3, 0.4) is 0 Å². The molecule has 21 heavy (non-hydrogen) atoms. The Morgan fingerprint density at radius 1 is 1.24 bits per heavy atom. The third kappa shape index (κ3) is 4.44. The molecule has 1 aliphatic rings. The van der Waals surface area contributed by atoms with Gasteiger partial charge in [-0.25, -0.2) is 0 Å². The molecule has 0 atom stereocenters. The van der Waals surface area contributed by atoms with E-state index in [0.717, 1.165) is 37.2 Å². The molecule has 1 aromatic rings. The summed E-state index contributed by atoms with van der Waals surface area (Å²) in [5.74, 6) is -0.0506. The number of anilines is 1. The van der Waals surface area contributed by atoms with Gasteiger partial charge in [0, 0.05) is 24.2 Å². The fourth-order valence-electron chi connectivity index (χ4n) is 2.36. The van der Waals surface area contributed by atoms with Crippen molar-refractivity contribution < 1.29 is 9.59 Å². The summed E-state index contributed by atoms with van der Waals surface area (Å²) >= 11 is 0. The number of halogens is 1. The summed E-state index contributed by atoms with van der Waals surface area (Å²) in [6.45, 7) is 3.69. The predicted molar refractivity (Wildman–Crippen MR) is 86.0 cm³/mol. The highest BCUT2D eigenvalue weighted by molar-refractivity contribution is 5.98. The first-order valence-electron chi connectivity index (χ1n) is 6.96. The third-order valence-electron chi connectivity index (χ3n) is 3.69. The van der Waals surface area contributed by atoms with Gasteiger partial charge in [-0.1, -0.05) is 6.07 Å². The second-order valence-electron chi connectivity index (χ2n) is 5.12. The van der Waals surface area contributed by atoms with Crippen molar-refractivity contribution in [2.75, 3.05) is 25.5 Å². The fourth-order valence-corrected chi connectivity index (χ4v) is 2.36. The number of benzene rings is 1. The molecular formula is C15H22ClN3O2. The smallest absolute Gasteiger partial charge is 0.251 e. The van der Waals surface area contributed by atoms with Crippen molar-refractivity contribution in [2.45, 2.75) is 19.8 Å². The lowest BCUT2D eigenvalue weighted by molar-refractivity contribution is -0.120. The molecule has 116 valence electrons. The van der Waals surface area contributed by atoms with Gasteiger partial charge in [-0.2, -0.15) is 0 Å². The third-order valence-corrected chi connectivity index (χ3v) is 3.69. The Labute approximate surface area is 131 Å². The molecule has 0 saturated carbocycles. The van der Waals surface area contributed by atoms with Crippen LogP contribution in [-0.4, -0.2) is 32.0 Å². The normalized spacial score (nSPS) is 15.0. The highest BCUT2D eigenvalue weighted by Gasteiger charge is 2.21. The van der Waals surface area contributed by atoms with Gasteiger partial charge in [0.15, 0.2) is 0 Å². The maximum atomic E-state index is 12.2. The van der Waals surface area contributed by atoms with E-state index in [9.17, 15) is 9.59 Å². The fraction of sp³-hybridized carbons (Fsp3) is 0.467. The lowest BCUT2D eigenvalue weighted by Crippen LogP contribution is -2.34. The van der Waals surface area contributed by atoms with Crippen molar-refractivity contribution in [3.63, 3.8) is 0 Å². The zero-order valence-corrected chi connectivity index (χ0v) is 13.2. The van der Waals surface area contributed by atoms with Crippen LogP contribution in [-0.2, 0) is 4.79 Å². The summed E-state index contributed by atoms with van der Waals surface area (Å²) in [4.78, 5) is 23.9. The summed E-state index contributed by atoms with van der Waals surface area (Å²) in [5, 5.41) is 8.78. The van der Waals surface area contributed by atoms with E-state index in [4.69, 9.17) is 0 Å². The van der Waals surface area contributed by atoms with Gasteiger partial charge < -0.3 is 16.0 Å². The van der Waals surface area contributed by atoms with Crippen molar-refractivity contribution in [3.05, 3.63) is 29.3 Å². The monoisotopic (exact) mass is 311 g/mol. The second-order valence-corrected chi connectivity index (χ2v) is 5.12.